The molecular formula is C18H22N2O3. The summed E-state index contributed by atoms with van der Waals surface area (Å²) in [5.74, 6) is -0.200. The molecule has 1 atom stereocenters. The van der Waals surface area contributed by atoms with E-state index >= 15 is 0 Å². The summed E-state index contributed by atoms with van der Waals surface area (Å²) < 4.78 is 10.9. The Labute approximate surface area is 136 Å². The normalized spacial score (nSPS) is 11.9. The summed E-state index contributed by atoms with van der Waals surface area (Å²) in [5.41, 5.74) is 12.6. The average Bonchev–Trinajstić information content (AvgIpc) is 2.56. The van der Waals surface area contributed by atoms with Crippen LogP contribution in [0.2, 0.25) is 0 Å². The smallest absolute Gasteiger partial charge is 0.229 e. The lowest BCUT2D eigenvalue weighted by atomic mass is 9.91. The minimum Gasteiger partial charge on any atom is -0.491 e. The zero-order chi connectivity index (χ0) is 16.5. The first kappa shape index (κ1) is 17.0. The fraction of sp³-hybridized carbons (Fsp3) is 0.278. The molecule has 2 aromatic carbocycles. The Hall–Kier alpha value is -2.37. The SMILES string of the molecule is NCCOCCOc1cccc(C(C(N)=O)c2ccccc2)c1. The molecule has 0 radical (unpaired) electrons. The van der Waals surface area contributed by atoms with Crippen molar-refractivity contribution in [2.45, 2.75) is 5.92 Å². The Kier molecular flexibility index (Phi) is 6.59. The number of hydrogen-bond acceptors (Lipinski definition) is 4. The van der Waals surface area contributed by atoms with E-state index in [0.29, 0.717) is 32.1 Å². The van der Waals surface area contributed by atoms with E-state index in [-0.39, 0.29) is 5.91 Å². The fourth-order valence-electron chi connectivity index (χ4n) is 2.35. The van der Waals surface area contributed by atoms with Crippen LogP contribution in [0.5, 0.6) is 5.75 Å². The van der Waals surface area contributed by atoms with Gasteiger partial charge in [0, 0.05) is 6.54 Å². The number of carbonyl (C=O) groups is 1. The first-order valence-corrected chi connectivity index (χ1v) is 7.57. The molecule has 0 saturated carbocycles. The molecule has 0 fully saturated rings. The molecule has 0 aliphatic heterocycles. The van der Waals surface area contributed by atoms with Crippen LogP contribution in [0.1, 0.15) is 17.0 Å². The van der Waals surface area contributed by atoms with Gasteiger partial charge in [-0.1, -0.05) is 42.5 Å². The molecule has 2 aromatic rings. The number of primary amides is 1. The number of benzene rings is 2. The maximum Gasteiger partial charge on any atom is 0.229 e. The Balaban J connectivity index is 2.09. The van der Waals surface area contributed by atoms with Gasteiger partial charge in [-0.2, -0.15) is 0 Å². The lowest BCUT2D eigenvalue weighted by Gasteiger charge is -2.15. The molecule has 5 nitrogen and oxygen atoms in total. The van der Waals surface area contributed by atoms with Gasteiger partial charge in [0.1, 0.15) is 12.4 Å². The molecule has 1 unspecified atom stereocenters. The van der Waals surface area contributed by atoms with Crippen molar-refractivity contribution < 1.29 is 14.3 Å². The van der Waals surface area contributed by atoms with Gasteiger partial charge in [-0.05, 0) is 23.3 Å². The molecule has 0 saturated heterocycles. The number of amides is 1. The zero-order valence-electron chi connectivity index (χ0n) is 13.0. The first-order chi connectivity index (χ1) is 11.2. The zero-order valence-corrected chi connectivity index (χ0v) is 13.0. The van der Waals surface area contributed by atoms with Gasteiger partial charge in [-0.3, -0.25) is 4.79 Å². The molecule has 5 heteroatoms. The van der Waals surface area contributed by atoms with Crippen LogP contribution in [0.15, 0.2) is 54.6 Å². The van der Waals surface area contributed by atoms with Crippen molar-refractivity contribution in [3.8, 4) is 5.75 Å². The Morgan fingerprint density at radius 3 is 2.39 bits per heavy atom. The molecule has 1 amide bonds. The molecule has 122 valence electrons. The highest BCUT2D eigenvalue weighted by Gasteiger charge is 2.20. The lowest BCUT2D eigenvalue weighted by Crippen LogP contribution is -2.22. The number of ether oxygens (including phenoxy) is 2. The van der Waals surface area contributed by atoms with Gasteiger partial charge in [0.15, 0.2) is 0 Å². The molecule has 0 bridgehead atoms. The highest BCUT2D eigenvalue weighted by Crippen LogP contribution is 2.27. The highest BCUT2D eigenvalue weighted by molar-refractivity contribution is 5.85. The third-order valence-electron chi connectivity index (χ3n) is 3.37. The third-order valence-corrected chi connectivity index (χ3v) is 3.37. The van der Waals surface area contributed by atoms with E-state index in [0.717, 1.165) is 11.1 Å². The molecule has 2 rings (SSSR count). The number of hydrogen-bond donors (Lipinski definition) is 2. The van der Waals surface area contributed by atoms with E-state index in [1.165, 1.54) is 0 Å². The van der Waals surface area contributed by atoms with Crippen molar-refractivity contribution in [3.63, 3.8) is 0 Å². The molecular weight excluding hydrogens is 292 g/mol. The molecule has 23 heavy (non-hydrogen) atoms. The number of carbonyl (C=O) groups excluding carboxylic acids is 1. The van der Waals surface area contributed by atoms with Gasteiger partial charge in [0.2, 0.25) is 5.91 Å². The highest BCUT2D eigenvalue weighted by atomic mass is 16.5. The van der Waals surface area contributed by atoms with Crippen molar-refractivity contribution in [2.24, 2.45) is 11.5 Å². The second kappa shape index (κ2) is 8.92. The van der Waals surface area contributed by atoms with Gasteiger partial charge >= 0.3 is 0 Å². The molecule has 0 aliphatic carbocycles. The molecule has 0 heterocycles. The standard InChI is InChI=1S/C18H22N2O3/c19-9-10-22-11-12-23-16-8-4-7-15(13-16)17(18(20)21)14-5-2-1-3-6-14/h1-8,13,17H,9-12,19H2,(H2,20,21). The fourth-order valence-corrected chi connectivity index (χ4v) is 2.35. The van der Waals surface area contributed by atoms with Crippen LogP contribution in [0, 0.1) is 0 Å². The van der Waals surface area contributed by atoms with Crippen molar-refractivity contribution in [2.75, 3.05) is 26.4 Å². The van der Waals surface area contributed by atoms with Crippen LogP contribution < -0.4 is 16.2 Å². The van der Waals surface area contributed by atoms with E-state index < -0.39 is 5.92 Å². The van der Waals surface area contributed by atoms with Gasteiger partial charge in [0.25, 0.3) is 0 Å². The Bertz CT molecular complexity index is 617. The van der Waals surface area contributed by atoms with E-state index in [1.54, 1.807) is 0 Å². The monoisotopic (exact) mass is 314 g/mol. The summed E-state index contributed by atoms with van der Waals surface area (Å²) in [5, 5.41) is 0. The number of nitrogens with two attached hydrogens (primary N) is 2. The van der Waals surface area contributed by atoms with Crippen LogP contribution in [-0.4, -0.2) is 32.3 Å². The van der Waals surface area contributed by atoms with Crippen LogP contribution in [-0.2, 0) is 9.53 Å². The average molecular weight is 314 g/mol. The maximum atomic E-state index is 11.9. The largest absolute Gasteiger partial charge is 0.491 e. The van der Waals surface area contributed by atoms with Crippen LogP contribution in [0.3, 0.4) is 0 Å². The molecule has 4 N–H and O–H groups in total. The van der Waals surface area contributed by atoms with Crippen LogP contribution in [0.25, 0.3) is 0 Å². The first-order valence-electron chi connectivity index (χ1n) is 7.57. The second-order valence-electron chi connectivity index (χ2n) is 5.07. The van der Waals surface area contributed by atoms with Crippen molar-refractivity contribution in [3.05, 3.63) is 65.7 Å². The molecule has 0 aliphatic rings. The molecule has 0 spiro atoms. The predicted octanol–water partition coefficient (Wildman–Crippen LogP) is 1.66. The molecule has 0 aromatic heterocycles. The van der Waals surface area contributed by atoms with Gasteiger partial charge in [-0.25, -0.2) is 0 Å². The Morgan fingerprint density at radius 1 is 0.957 bits per heavy atom. The van der Waals surface area contributed by atoms with Crippen molar-refractivity contribution >= 4 is 5.91 Å². The summed E-state index contributed by atoms with van der Waals surface area (Å²) in [6.45, 7) is 1.91. The van der Waals surface area contributed by atoms with Crippen LogP contribution in [0.4, 0.5) is 0 Å². The van der Waals surface area contributed by atoms with E-state index in [2.05, 4.69) is 0 Å². The Morgan fingerprint density at radius 2 is 1.70 bits per heavy atom. The van der Waals surface area contributed by atoms with Gasteiger partial charge in [-0.15, -0.1) is 0 Å². The van der Waals surface area contributed by atoms with Gasteiger partial charge in [0.05, 0.1) is 19.1 Å². The summed E-state index contributed by atoms with van der Waals surface area (Å²) in [7, 11) is 0. The third kappa shape index (κ3) is 5.09. The van der Waals surface area contributed by atoms with Crippen molar-refractivity contribution in [1.82, 2.24) is 0 Å². The van der Waals surface area contributed by atoms with Gasteiger partial charge < -0.3 is 20.9 Å². The van der Waals surface area contributed by atoms with E-state index in [9.17, 15) is 4.79 Å². The topological polar surface area (TPSA) is 87.6 Å². The lowest BCUT2D eigenvalue weighted by molar-refractivity contribution is -0.118. The second-order valence-corrected chi connectivity index (χ2v) is 5.07. The quantitative estimate of drug-likeness (QED) is 0.689. The minimum absolute atomic E-state index is 0.389. The minimum atomic E-state index is -0.492. The van der Waals surface area contributed by atoms with E-state index in [4.69, 9.17) is 20.9 Å². The number of rotatable bonds is 9. The van der Waals surface area contributed by atoms with E-state index in [1.807, 2.05) is 54.6 Å². The van der Waals surface area contributed by atoms with Crippen molar-refractivity contribution in [1.29, 1.82) is 0 Å². The maximum absolute atomic E-state index is 11.9. The van der Waals surface area contributed by atoms with Crippen LogP contribution >= 0.6 is 0 Å². The summed E-state index contributed by atoms with van der Waals surface area (Å²) in [6, 6.07) is 16.9. The predicted molar refractivity (Wildman–Crippen MR) is 89.3 cm³/mol. The summed E-state index contributed by atoms with van der Waals surface area (Å²) in [4.78, 5) is 11.9. The summed E-state index contributed by atoms with van der Waals surface area (Å²) >= 11 is 0. The summed E-state index contributed by atoms with van der Waals surface area (Å²) in [6.07, 6.45) is 0.